The van der Waals surface area contributed by atoms with Gasteiger partial charge in [0.1, 0.15) is 24.4 Å². The van der Waals surface area contributed by atoms with E-state index in [-0.39, 0.29) is 211 Å². The molecule has 4 atom stereocenters. The molecule has 6 N–H and O–H groups in total. The fourth-order valence-corrected chi connectivity index (χ4v) is 0.516. The fourth-order valence-electron chi connectivity index (χ4n) is 0.516. The van der Waals surface area contributed by atoms with Crippen molar-refractivity contribution in [2.24, 2.45) is 0 Å². The molecule has 17 heteroatoms. The van der Waals surface area contributed by atoms with Gasteiger partial charge in [0.25, 0.3) is 0 Å². The van der Waals surface area contributed by atoms with Gasteiger partial charge in [-0.15, -0.1) is 0 Å². The molecule has 124 valence electrons. The van der Waals surface area contributed by atoms with Crippen molar-refractivity contribution in [2.45, 2.75) is 24.4 Å². The summed E-state index contributed by atoms with van der Waals surface area (Å²) in [5, 5.41) is 71.5. The normalized spacial score (nSPS) is 12.6. The van der Waals surface area contributed by atoms with Crippen LogP contribution in [-0.2, 0) is 19.2 Å². The number of carbonyl (C=O) groups is 4. The van der Waals surface area contributed by atoms with E-state index in [1.807, 2.05) is 0 Å². The van der Waals surface area contributed by atoms with E-state index in [4.69, 9.17) is 20.4 Å². The zero-order chi connectivity index (χ0) is 16.6. The Bertz CT molecular complexity index is 320. The smallest absolute Gasteiger partial charge is 0.547 e. The number of carboxylic acids is 4. The van der Waals surface area contributed by atoms with Crippen molar-refractivity contribution in [3.05, 3.63) is 0 Å². The van der Waals surface area contributed by atoms with Crippen LogP contribution in [0, 0.1) is 0 Å². The van der Waals surface area contributed by atoms with Crippen LogP contribution in [0.5, 0.6) is 0 Å². The summed E-state index contributed by atoms with van der Waals surface area (Å²) in [7, 11) is 0. The van der Waals surface area contributed by atoms with E-state index in [1.54, 1.807) is 0 Å². The number of aliphatic hydroxyl groups excluding tert-OH is 4. The number of carboxylic acid groups (broad SMARTS) is 4. The summed E-state index contributed by atoms with van der Waals surface area (Å²) in [6.45, 7) is 0. The van der Waals surface area contributed by atoms with Crippen molar-refractivity contribution in [1.29, 1.82) is 0 Å². The molecular weight excluding hydrogens is 460 g/mol. The van der Waals surface area contributed by atoms with Gasteiger partial charge in [-0.3, -0.25) is 0 Å². The Morgan fingerprint density at radius 2 is 0.560 bits per heavy atom. The summed E-state index contributed by atoms with van der Waals surface area (Å²) in [6.07, 6.45) is -9.76. The van der Waals surface area contributed by atoms with Crippen LogP contribution in [0.2, 0.25) is 0 Å². The second-order valence-corrected chi connectivity index (χ2v) is 3.06. The average molecular weight is 471 g/mol. The fraction of sp³-hybridized carbons (Fsp3) is 0.500. The van der Waals surface area contributed by atoms with Gasteiger partial charge in [0.15, 0.2) is 0 Å². The maximum absolute atomic E-state index is 9.63. The van der Waals surface area contributed by atoms with Crippen molar-refractivity contribution in [1.82, 2.24) is 0 Å². The number of hydrogen-bond acceptors (Lipinski definition) is 12. The zero-order valence-electron chi connectivity index (χ0n) is 13.9. The molecule has 0 fully saturated rings. The molecule has 0 aromatic rings. The molecule has 4 unspecified atom stereocenters. The van der Waals surface area contributed by atoms with Gasteiger partial charge < -0.3 is 65.5 Å². The van der Waals surface area contributed by atoms with E-state index in [9.17, 15) is 39.6 Å². The first-order chi connectivity index (χ1) is 8.93. The monoisotopic (exact) mass is 470 g/mol. The molecular formula is C8H10K4O13. The van der Waals surface area contributed by atoms with Crippen molar-refractivity contribution in [3.8, 4) is 0 Å². The third kappa shape index (κ3) is 24.4. The van der Waals surface area contributed by atoms with Crippen LogP contribution < -0.4 is 226 Å². The molecule has 0 aromatic heterocycles. The summed E-state index contributed by atoms with van der Waals surface area (Å²) in [6, 6.07) is 0. The van der Waals surface area contributed by atoms with Crippen LogP contribution in [0.4, 0.5) is 0 Å². The topological polar surface area (TPSA) is 273 Å². The van der Waals surface area contributed by atoms with E-state index in [0.717, 1.165) is 0 Å². The van der Waals surface area contributed by atoms with Crippen molar-refractivity contribution < 1.29 is 271 Å². The molecule has 0 spiro atoms. The molecule has 0 bridgehead atoms. The number of carbonyl (C=O) groups excluding carboxylic acids is 4. The van der Waals surface area contributed by atoms with Gasteiger partial charge in [0, 0.05) is 0 Å². The van der Waals surface area contributed by atoms with E-state index >= 15 is 0 Å². The number of aliphatic hydroxyl groups is 4. The van der Waals surface area contributed by atoms with Crippen molar-refractivity contribution in [2.75, 3.05) is 0 Å². The first-order valence-corrected chi connectivity index (χ1v) is 4.49. The third-order valence-corrected chi connectivity index (χ3v) is 1.56. The van der Waals surface area contributed by atoms with Gasteiger partial charge in [0.05, 0.1) is 23.9 Å². The number of rotatable bonds is 6. The maximum Gasteiger partial charge on any atom is 1.00 e. The number of hydrogen-bond donors (Lipinski definition) is 4. The second kappa shape index (κ2) is 26.3. The van der Waals surface area contributed by atoms with Crippen LogP contribution in [0.25, 0.3) is 0 Å². The van der Waals surface area contributed by atoms with Gasteiger partial charge >= 0.3 is 206 Å². The quantitative estimate of drug-likeness (QED) is 0.263. The average Bonchev–Trinajstić information content (AvgIpc) is 2.35. The summed E-state index contributed by atoms with van der Waals surface area (Å²) in [5.74, 6) is -8.23. The van der Waals surface area contributed by atoms with Crippen LogP contribution in [0.1, 0.15) is 0 Å². The summed E-state index contributed by atoms with van der Waals surface area (Å²) >= 11 is 0. The van der Waals surface area contributed by atoms with E-state index < -0.39 is 48.3 Å². The predicted octanol–water partition coefficient (Wildman–Crippen LogP) is -22.4. The van der Waals surface area contributed by atoms with Crippen LogP contribution in [0.15, 0.2) is 0 Å². The molecule has 0 aliphatic carbocycles. The Morgan fingerprint density at radius 3 is 0.600 bits per heavy atom. The zero-order valence-corrected chi connectivity index (χ0v) is 26.4. The predicted molar refractivity (Wildman–Crippen MR) is 47.7 cm³/mol. The molecule has 0 aromatic carbocycles. The minimum absolute atomic E-state index is 0. The molecule has 0 amide bonds. The summed E-state index contributed by atoms with van der Waals surface area (Å²) in [5.41, 5.74) is 0. The summed E-state index contributed by atoms with van der Waals surface area (Å²) < 4.78 is 0. The van der Waals surface area contributed by atoms with Gasteiger partial charge in [0.2, 0.25) is 0 Å². The van der Waals surface area contributed by atoms with Crippen molar-refractivity contribution >= 4 is 23.9 Å². The minimum atomic E-state index is -2.44. The molecule has 0 aliphatic heterocycles. The van der Waals surface area contributed by atoms with Crippen LogP contribution in [0.3, 0.4) is 0 Å². The Morgan fingerprint density at radius 1 is 0.480 bits per heavy atom. The molecule has 0 radical (unpaired) electrons. The minimum Gasteiger partial charge on any atom is -0.547 e. The first-order valence-electron chi connectivity index (χ1n) is 4.49. The van der Waals surface area contributed by atoms with E-state index in [0.29, 0.717) is 0 Å². The van der Waals surface area contributed by atoms with Gasteiger partial charge in [-0.05, 0) is 0 Å². The Balaban J connectivity index is -0.0000000432. The Hall–Kier alpha value is 4.23. The molecule has 25 heavy (non-hydrogen) atoms. The molecule has 0 saturated carbocycles. The third-order valence-electron chi connectivity index (χ3n) is 1.56. The molecule has 0 aliphatic rings. The van der Waals surface area contributed by atoms with E-state index in [1.165, 1.54) is 0 Å². The Labute approximate surface area is 310 Å². The number of aliphatic carboxylic acids is 4. The van der Waals surface area contributed by atoms with Crippen LogP contribution in [-0.4, -0.2) is 74.2 Å². The SMILES string of the molecule is O.O=C([O-])C(O)C(O)C(=O)[O-].O=C([O-])C(O)C(O)C(=O)[O-].[K+].[K+].[K+].[K+]. The largest absolute Gasteiger partial charge is 1.00 e. The van der Waals surface area contributed by atoms with Gasteiger partial charge in [-0.1, -0.05) is 0 Å². The molecule has 0 saturated heterocycles. The second-order valence-electron chi connectivity index (χ2n) is 3.06. The van der Waals surface area contributed by atoms with E-state index in [2.05, 4.69) is 0 Å². The maximum atomic E-state index is 9.63. The first kappa shape index (κ1) is 47.1. The van der Waals surface area contributed by atoms with Crippen LogP contribution >= 0.6 is 0 Å². The van der Waals surface area contributed by atoms with Crippen molar-refractivity contribution in [3.63, 3.8) is 0 Å². The standard InChI is InChI=1S/2C4H6O6.4K.H2O/c2*5-1(3(7)8)2(6)4(9)10;;;;;/h2*1-2,5-6H,(H,7,8)(H,9,10);;;;;1H2/q;;4*+1;/p-4. The molecule has 0 heterocycles. The molecule has 13 nitrogen and oxygen atoms in total. The van der Waals surface area contributed by atoms with Gasteiger partial charge in [-0.25, -0.2) is 0 Å². The Kier molecular flexibility index (Phi) is 49.5. The molecule has 0 rings (SSSR count). The van der Waals surface area contributed by atoms with Gasteiger partial charge in [-0.2, -0.15) is 0 Å². The summed E-state index contributed by atoms with van der Waals surface area (Å²) in [4.78, 5) is 38.5.